The van der Waals surface area contributed by atoms with Gasteiger partial charge in [-0.05, 0) is 11.6 Å². The molecule has 0 saturated carbocycles. The molecule has 1 aliphatic heterocycles. The van der Waals surface area contributed by atoms with Crippen LogP contribution in [0, 0.1) is 11.6 Å². The molecule has 0 unspecified atom stereocenters. The van der Waals surface area contributed by atoms with Crippen LogP contribution < -0.4 is 5.32 Å². The second-order valence-corrected chi connectivity index (χ2v) is 9.51. The number of nitrogens with one attached hydrogen (secondary N) is 1. The number of halogens is 3. The van der Waals surface area contributed by atoms with Gasteiger partial charge in [-0.2, -0.15) is 4.31 Å². The Morgan fingerprint density at radius 3 is 2.53 bits per heavy atom. The molecule has 0 spiro atoms. The van der Waals surface area contributed by atoms with E-state index in [2.05, 4.69) is 10.3 Å². The Labute approximate surface area is 178 Å². The summed E-state index contributed by atoms with van der Waals surface area (Å²) in [6.07, 6.45) is 2.87. The molecule has 2 atom stereocenters. The van der Waals surface area contributed by atoms with Crippen molar-refractivity contribution >= 4 is 27.3 Å². The van der Waals surface area contributed by atoms with Crippen molar-refractivity contribution < 1.29 is 17.2 Å². The summed E-state index contributed by atoms with van der Waals surface area (Å²) < 4.78 is 56.4. The Balaban J connectivity index is 1.67. The fourth-order valence-electron chi connectivity index (χ4n) is 3.66. The van der Waals surface area contributed by atoms with Gasteiger partial charge >= 0.3 is 0 Å². The third-order valence-electron chi connectivity index (χ3n) is 5.14. The van der Waals surface area contributed by atoms with Crippen LogP contribution in [0.15, 0.2) is 60.0 Å². The van der Waals surface area contributed by atoms with Gasteiger partial charge < -0.3 is 9.88 Å². The lowest BCUT2D eigenvalue weighted by molar-refractivity contribution is 0.468. The predicted octanol–water partition coefficient (Wildman–Crippen LogP) is 3.62. The number of aromatic nitrogens is 2. The molecule has 2 aromatic carbocycles. The number of anilines is 1. The highest BCUT2D eigenvalue weighted by molar-refractivity contribution is 7.89. The van der Waals surface area contributed by atoms with E-state index in [4.69, 9.17) is 11.6 Å². The fourth-order valence-corrected chi connectivity index (χ4v) is 5.32. The van der Waals surface area contributed by atoms with E-state index in [1.54, 1.807) is 11.6 Å². The second-order valence-electron chi connectivity index (χ2n) is 7.22. The predicted molar refractivity (Wildman–Crippen MR) is 110 cm³/mol. The maximum atomic E-state index is 13.8. The molecule has 30 heavy (non-hydrogen) atoms. The molecule has 0 amide bonds. The van der Waals surface area contributed by atoms with E-state index in [1.165, 1.54) is 22.9 Å². The topological polar surface area (TPSA) is 67.2 Å². The highest BCUT2D eigenvalue weighted by Crippen LogP contribution is 2.34. The van der Waals surface area contributed by atoms with Gasteiger partial charge in [-0.25, -0.2) is 22.2 Å². The van der Waals surface area contributed by atoms with Gasteiger partial charge in [0.15, 0.2) is 16.7 Å². The highest BCUT2D eigenvalue weighted by atomic mass is 35.5. The summed E-state index contributed by atoms with van der Waals surface area (Å²) in [5, 5.41) is 2.76. The zero-order valence-corrected chi connectivity index (χ0v) is 17.5. The molecule has 1 fully saturated rings. The van der Waals surface area contributed by atoms with Crippen molar-refractivity contribution in [3.8, 4) is 0 Å². The third kappa shape index (κ3) is 3.92. The van der Waals surface area contributed by atoms with E-state index in [-0.39, 0.29) is 40.8 Å². The monoisotopic (exact) mass is 452 g/mol. The summed E-state index contributed by atoms with van der Waals surface area (Å²) in [6, 6.07) is 11.4. The normalized spacial score (nSPS) is 19.9. The van der Waals surface area contributed by atoms with E-state index >= 15 is 0 Å². The molecular formula is C20H19ClF2N4O2S. The minimum Gasteiger partial charge on any atom is -0.380 e. The molecule has 2 heterocycles. The van der Waals surface area contributed by atoms with Gasteiger partial charge in [0.1, 0.15) is 0 Å². The summed E-state index contributed by atoms with van der Waals surface area (Å²) >= 11 is 5.77. The van der Waals surface area contributed by atoms with Crippen molar-refractivity contribution in [2.45, 2.75) is 17.0 Å². The Kier molecular flexibility index (Phi) is 5.52. The van der Waals surface area contributed by atoms with Crippen LogP contribution in [0.1, 0.15) is 11.5 Å². The van der Waals surface area contributed by atoms with Crippen LogP contribution in [0.5, 0.6) is 0 Å². The molecule has 1 aliphatic rings. The summed E-state index contributed by atoms with van der Waals surface area (Å²) in [5.74, 6) is -2.40. The van der Waals surface area contributed by atoms with Crippen LogP contribution in [0.3, 0.4) is 0 Å². The number of rotatable bonds is 5. The molecule has 1 aromatic heterocycles. The number of imidazole rings is 1. The van der Waals surface area contributed by atoms with E-state index in [1.807, 2.05) is 30.3 Å². The molecule has 158 valence electrons. The van der Waals surface area contributed by atoms with E-state index in [0.717, 1.165) is 11.6 Å². The Morgan fingerprint density at radius 1 is 1.17 bits per heavy atom. The molecule has 1 saturated heterocycles. The van der Waals surface area contributed by atoms with Crippen molar-refractivity contribution in [3.63, 3.8) is 0 Å². The van der Waals surface area contributed by atoms with Crippen molar-refractivity contribution in [3.05, 3.63) is 77.2 Å². The number of nitrogens with zero attached hydrogens (tertiary/aromatic N) is 3. The Hall–Kier alpha value is -2.49. The largest absolute Gasteiger partial charge is 0.380 e. The van der Waals surface area contributed by atoms with Crippen LogP contribution in [0.4, 0.5) is 14.5 Å². The average Bonchev–Trinajstić information content (AvgIpc) is 3.34. The number of aryl methyl sites for hydroxylation is 1. The van der Waals surface area contributed by atoms with Crippen LogP contribution in [-0.4, -0.2) is 41.4 Å². The molecule has 4 rings (SSSR count). The summed E-state index contributed by atoms with van der Waals surface area (Å²) in [5.41, 5.74) is 1.21. The number of hydrogen-bond acceptors (Lipinski definition) is 4. The first-order valence-electron chi connectivity index (χ1n) is 9.20. The van der Waals surface area contributed by atoms with Crippen molar-refractivity contribution in [2.75, 3.05) is 18.4 Å². The maximum Gasteiger partial charge on any atom is 0.262 e. The Bertz CT molecular complexity index is 1150. The average molecular weight is 453 g/mol. The SMILES string of the molecule is Cn1cnc(S(=O)(=O)N2C[C@H](Nc3cc(F)c(F)c(Cl)c3)[C@@H](c3ccccc3)C2)c1. The second kappa shape index (κ2) is 7.98. The molecule has 0 radical (unpaired) electrons. The zero-order valence-electron chi connectivity index (χ0n) is 16.0. The van der Waals surface area contributed by atoms with Gasteiger partial charge in [-0.1, -0.05) is 41.9 Å². The van der Waals surface area contributed by atoms with Gasteiger partial charge in [0.05, 0.1) is 11.3 Å². The first-order valence-corrected chi connectivity index (χ1v) is 11.0. The van der Waals surface area contributed by atoms with Crippen molar-refractivity contribution in [1.82, 2.24) is 13.9 Å². The molecule has 3 aromatic rings. The highest BCUT2D eigenvalue weighted by Gasteiger charge is 2.41. The van der Waals surface area contributed by atoms with Crippen LogP contribution >= 0.6 is 11.6 Å². The number of sulfonamides is 1. The van der Waals surface area contributed by atoms with Crippen LogP contribution in [-0.2, 0) is 17.1 Å². The Morgan fingerprint density at radius 2 is 1.90 bits per heavy atom. The minimum atomic E-state index is -3.81. The lowest BCUT2D eigenvalue weighted by Crippen LogP contribution is -2.32. The molecular weight excluding hydrogens is 434 g/mol. The van der Waals surface area contributed by atoms with Gasteiger partial charge in [0.2, 0.25) is 0 Å². The lowest BCUT2D eigenvalue weighted by Gasteiger charge is -2.21. The first kappa shape index (κ1) is 20.8. The smallest absolute Gasteiger partial charge is 0.262 e. The molecule has 10 heteroatoms. The lowest BCUT2D eigenvalue weighted by atomic mass is 9.94. The molecule has 0 bridgehead atoms. The van der Waals surface area contributed by atoms with Gasteiger partial charge in [-0.3, -0.25) is 0 Å². The quantitative estimate of drug-likeness (QED) is 0.600. The summed E-state index contributed by atoms with van der Waals surface area (Å²) in [4.78, 5) is 3.98. The maximum absolute atomic E-state index is 13.8. The zero-order chi connectivity index (χ0) is 21.5. The fraction of sp³-hybridized carbons (Fsp3) is 0.250. The number of benzene rings is 2. The minimum absolute atomic E-state index is 0.0340. The van der Waals surface area contributed by atoms with Gasteiger partial charge in [0.25, 0.3) is 10.0 Å². The van der Waals surface area contributed by atoms with Crippen molar-refractivity contribution in [2.24, 2.45) is 7.05 Å². The number of hydrogen-bond donors (Lipinski definition) is 1. The van der Waals surface area contributed by atoms with E-state index < -0.39 is 21.7 Å². The summed E-state index contributed by atoms with van der Waals surface area (Å²) in [7, 11) is -2.11. The first-order chi connectivity index (χ1) is 14.3. The third-order valence-corrected chi connectivity index (χ3v) is 7.13. The molecule has 0 aliphatic carbocycles. The van der Waals surface area contributed by atoms with Crippen LogP contribution in [0.2, 0.25) is 5.02 Å². The molecule has 1 N–H and O–H groups in total. The van der Waals surface area contributed by atoms with Crippen LogP contribution in [0.25, 0.3) is 0 Å². The van der Waals surface area contributed by atoms with Gasteiger partial charge in [0, 0.05) is 50.0 Å². The van der Waals surface area contributed by atoms with Crippen molar-refractivity contribution in [1.29, 1.82) is 0 Å². The van der Waals surface area contributed by atoms with E-state index in [9.17, 15) is 17.2 Å². The molecule has 6 nitrogen and oxygen atoms in total. The van der Waals surface area contributed by atoms with E-state index in [0.29, 0.717) is 0 Å². The standard InChI is InChI=1S/C20H19ClF2N4O2S/c1-26-11-19(24-12-26)30(28,29)27-9-15(13-5-3-2-4-6-13)18(10-27)25-14-7-16(21)20(23)17(22)8-14/h2-8,11-12,15,18,25H,9-10H2,1H3/t15-,18+/m1/s1. The van der Waals surface area contributed by atoms with Gasteiger partial charge in [-0.15, -0.1) is 0 Å². The summed E-state index contributed by atoms with van der Waals surface area (Å²) in [6.45, 7) is 0.354.